The van der Waals surface area contributed by atoms with Crippen LogP contribution >= 0.6 is 0 Å². The first kappa shape index (κ1) is 15.3. The molecule has 0 amide bonds. The molecular formula is C17H21N5O. The predicted molar refractivity (Wildman–Crippen MR) is 92.1 cm³/mol. The van der Waals surface area contributed by atoms with Crippen molar-refractivity contribution in [1.82, 2.24) is 14.8 Å². The average Bonchev–Trinajstić information content (AvgIpc) is 3.16. The number of benzene rings is 1. The van der Waals surface area contributed by atoms with Crippen molar-refractivity contribution in [1.29, 1.82) is 0 Å². The summed E-state index contributed by atoms with van der Waals surface area (Å²) in [7, 11) is 0. The van der Waals surface area contributed by atoms with Crippen LogP contribution in [-0.4, -0.2) is 40.2 Å². The molecular weight excluding hydrogens is 290 g/mol. The van der Waals surface area contributed by atoms with Crippen LogP contribution in [0.25, 0.3) is 6.20 Å². The minimum absolute atomic E-state index is 0.189. The lowest BCUT2D eigenvalue weighted by Crippen LogP contribution is -2.21. The number of aromatic nitrogens is 3. The second kappa shape index (κ2) is 7.09. The molecule has 2 aromatic rings. The number of anilines is 1. The van der Waals surface area contributed by atoms with Gasteiger partial charge in [0, 0.05) is 24.9 Å². The maximum atomic E-state index is 5.84. The van der Waals surface area contributed by atoms with Gasteiger partial charge >= 0.3 is 0 Å². The van der Waals surface area contributed by atoms with Gasteiger partial charge in [0.25, 0.3) is 5.95 Å². The topological polar surface area (TPSA) is 55.5 Å². The van der Waals surface area contributed by atoms with Gasteiger partial charge in [-0.05, 0) is 26.0 Å². The molecule has 1 saturated heterocycles. The Bertz CT molecular complexity index is 692. The van der Waals surface area contributed by atoms with E-state index < -0.39 is 0 Å². The standard InChI is InChI=1S/C17H21N5O/c1-3-18-17-19-14(2)20-22(17)11-12-23-16-9-10-21(13-16)15-7-5-4-6-8-15/h3-8,11-12,16H,9-10,13H2,1-2H3/b12-11+,18-3?/t16-/m1/s1. The quantitative estimate of drug-likeness (QED) is 0.629. The normalized spacial score (nSPS) is 18.3. The van der Waals surface area contributed by atoms with Crippen LogP contribution in [0.4, 0.5) is 11.6 Å². The van der Waals surface area contributed by atoms with Gasteiger partial charge in [0.05, 0.1) is 12.7 Å². The van der Waals surface area contributed by atoms with Gasteiger partial charge in [-0.3, -0.25) is 0 Å². The summed E-state index contributed by atoms with van der Waals surface area (Å²) >= 11 is 0. The Balaban J connectivity index is 1.57. The Kier molecular flexibility index (Phi) is 4.71. The smallest absolute Gasteiger partial charge is 0.252 e. The predicted octanol–water partition coefficient (Wildman–Crippen LogP) is 3.03. The van der Waals surface area contributed by atoms with Crippen LogP contribution in [0, 0.1) is 6.92 Å². The monoisotopic (exact) mass is 311 g/mol. The van der Waals surface area contributed by atoms with Gasteiger partial charge in [0.2, 0.25) is 0 Å². The summed E-state index contributed by atoms with van der Waals surface area (Å²) in [6, 6.07) is 10.4. The molecule has 6 nitrogen and oxygen atoms in total. The molecule has 2 heterocycles. The number of para-hydroxylation sites is 1. The third-order valence-electron chi connectivity index (χ3n) is 3.70. The summed E-state index contributed by atoms with van der Waals surface area (Å²) in [5, 5.41) is 4.27. The number of aliphatic imine (C=N–C) groups is 1. The van der Waals surface area contributed by atoms with E-state index in [1.165, 1.54) is 5.69 Å². The highest BCUT2D eigenvalue weighted by Crippen LogP contribution is 2.21. The van der Waals surface area contributed by atoms with Crippen LogP contribution in [0.2, 0.25) is 0 Å². The SMILES string of the molecule is CC=Nc1nc(C)nn1/C=C/O[C@@H]1CCN(c2ccccc2)C1. The molecule has 1 aromatic carbocycles. The highest BCUT2D eigenvalue weighted by molar-refractivity contribution is 5.58. The van der Waals surface area contributed by atoms with Gasteiger partial charge in [-0.25, -0.2) is 9.67 Å². The lowest BCUT2D eigenvalue weighted by molar-refractivity contribution is 0.165. The van der Waals surface area contributed by atoms with E-state index in [9.17, 15) is 0 Å². The molecule has 1 fully saturated rings. The van der Waals surface area contributed by atoms with Crippen molar-refractivity contribution in [2.24, 2.45) is 4.99 Å². The van der Waals surface area contributed by atoms with Gasteiger partial charge in [-0.1, -0.05) is 18.2 Å². The molecule has 120 valence electrons. The van der Waals surface area contributed by atoms with E-state index in [0.29, 0.717) is 11.8 Å². The van der Waals surface area contributed by atoms with Crippen LogP contribution in [0.5, 0.6) is 0 Å². The summed E-state index contributed by atoms with van der Waals surface area (Å²) in [5.41, 5.74) is 1.24. The minimum Gasteiger partial charge on any atom is -0.495 e. The molecule has 1 atom stereocenters. The van der Waals surface area contributed by atoms with Gasteiger partial charge in [-0.15, -0.1) is 0 Å². The minimum atomic E-state index is 0.189. The lowest BCUT2D eigenvalue weighted by atomic mass is 10.3. The van der Waals surface area contributed by atoms with Crippen LogP contribution in [0.3, 0.4) is 0 Å². The van der Waals surface area contributed by atoms with Crippen LogP contribution < -0.4 is 4.90 Å². The Labute approximate surface area is 136 Å². The summed E-state index contributed by atoms with van der Waals surface area (Å²) < 4.78 is 7.46. The number of nitrogens with zero attached hydrogens (tertiary/aromatic N) is 5. The van der Waals surface area contributed by atoms with Crippen molar-refractivity contribution >= 4 is 24.1 Å². The van der Waals surface area contributed by atoms with E-state index in [1.54, 1.807) is 23.4 Å². The molecule has 0 unspecified atom stereocenters. The number of aryl methyl sites for hydroxylation is 1. The maximum Gasteiger partial charge on any atom is 0.252 e. The van der Waals surface area contributed by atoms with E-state index in [2.05, 4.69) is 44.2 Å². The van der Waals surface area contributed by atoms with Crippen molar-refractivity contribution in [3.05, 3.63) is 42.4 Å². The summed E-state index contributed by atoms with van der Waals surface area (Å²) in [5.74, 6) is 1.24. The Hall–Kier alpha value is -2.63. The summed E-state index contributed by atoms with van der Waals surface area (Å²) in [6.07, 6.45) is 6.34. The molecule has 23 heavy (non-hydrogen) atoms. The highest BCUT2D eigenvalue weighted by Gasteiger charge is 2.22. The van der Waals surface area contributed by atoms with Gasteiger partial charge in [-0.2, -0.15) is 10.1 Å². The number of ether oxygens (including phenoxy) is 1. The van der Waals surface area contributed by atoms with Crippen LogP contribution in [-0.2, 0) is 4.74 Å². The molecule has 1 aliphatic rings. The van der Waals surface area contributed by atoms with E-state index >= 15 is 0 Å². The fraction of sp³-hybridized carbons (Fsp3) is 0.353. The first-order valence-electron chi connectivity index (χ1n) is 7.80. The molecule has 6 heteroatoms. The maximum absolute atomic E-state index is 5.84. The number of rotatable bonds is 5. The average molecular weight is 311 g/mol. The van der Waals surface area contributed by atoms with Gasteiger partial charge in [0.15, 0.2) is 0 Å². The van der Waals surface area contributed by atoms with E-state index in [0.717, 1.165) is 19.5 Å². The van der Waals surface area contributed by atoms with Crippen LogP contribution in [0.15, 0.2) is 41.6 Å². The third kappa shape index (κ3) is 3.77. The Morgan fingerprint density at radius 1 is 1.30 bits per heavy atom. The largest absolute Gasteiger partial charge is 0.495 e. The van der Waals surface area contributed by atoms with Crippen molar-refractivity contribution in [3.63, 3.8) is 0 Å². The molecule has 0 aliphatic carbocycles. The fourth-order valence-electron chi connectivity index (χ4n) is 2.64. The van der Waals surface area contributed by atoms with Crippen molar-refractivity contribution < 1.29 is 4.74 Å². The molecule has 0 N–H and O–H groups in total. The van der Waals surface area contributed by atoms with E-state index in [-0.39, 0.29) is 6.10 Å². The molecule has 0 saturated carbocycles. The second-order valence-electron chi connectivity index (χ2n) is 5.40. The lowest BCUT2D eigenvalue weighted by Gasteiger charge is -2.18. The first-order chi connectivity index (χ1) is 11.3. The first-order valence-corrected chi connectivity index (χ1v) is 7.80. The van der Waals surface area contributed by atoms with Gasteiger partial charge in [0.1, 0.15) is 18.2 Å². The zero-order valence-electron chi connectivity index (χ0n) is 13.5. The van der Waals surface area contributed by atoms with Crippen molar-refractivity contribution in [2.75, 3.05) is 18.0 Å². The van der Waals surface area contributed by atoms with Crippen molar-refractivity contribution in [3.8, 4) is 0 Å². The molecule has 0 radical (unpaired) electrons. The van der Waals surface area contributed by atoms with Crippen molar-refractivity contribution in [2.45, 2.75) is 26.4 Å². The zero-order chi connectivity index (χ0) is 16.1. The van der Waals surface area contributed by atoms with E-state index in [1.807, 2.05) is 19.9 Å². The molecule has 1 aliphatic heterocycles. The molecule has 0 bridgehead atoms. The highest BCUT2D eigenvalue weighted by atomic mass is 16.5. The summed E-state index contributed by atoms with van der Waals surface area (Å²) in [4.78, 5) is 10.8. The second-order valence-corrected chi connectivity index (χ2v) is 5.40. The number of hydrogen-bond donors (Lipinski definition) is 0. The zero-order valence-corrected chi connectivity index (χ0v) is 13.5. The van der Waals surface area contributed by atoms with Gasteiger partial charge < -0.3 is 9.64 Å². The molecule has 3 rings (SSSR count). The Morgan fingerprint density at radius 2 is 2.13 bits per heavy atom. The molecule has 0 spiro atoms. The summed E-state index contributed by atoms with van der Waals surface area (Å²) in [6.45, 7) is 5.60. The molecule has 1 aromatic heterocycles. The van der Waals surface area contributed by atoms with E-state index in [4.69, 9.17) is 4.74 Å². The number of hydrogen-bond acceptors (Lipinski definition) is 5. The fourth-order valence-corrected chi connectivity index (χ4v) is 2.64. The Morgan fingerprint density at radius 3 is 2.91 bits per heavy atom. The van der Waals surface area contributed by atoms with Crippen LogP contribution in [0.1, 0.15) is 19.2 Å². The third-order valence-corrected chi connectivity index (χ3v) is 3.70.